The van der Waals surface area contributed by atoms with E-state index in [1.165, 1.54) is 19.3 Å². The third kappa shape index (κ3) is 4.28. The number of carbonyl (C=O) groups excluding carboxylic acids is 1. The van der Waals surface area contributed by atoms with Crippen LogP contribution in [0.3, 0.4) is 0 Å². The van der Waals surface area contributed by atoms with E-state index in [-0.39, 0.29) is 5.91 Å². The van der Waals surface area contributed by atoms with Crippen molar-refractivity contribution < 1.29 is 4.79 Å². The van der Waals surface area contributed by atoms with Crippen LogP contribution in [0.2, 0.25) is 0 Å². The van der Waals surface area contributed by atoms with E-state index in [4.69, 9.17) is 5.73 Å². The van der Waals surface area contributed by atoms with Crippen LogP contribution in [0.1, 0.15) is 39.5 Å². The Morgan fingerprint density at radius 2 is 2.06 bits per heavy atom. The molecule has 0 heterocycles. The molecular formula is C13H27N3O. The van der Waals surface area contributed by atoms with E-state index in [1.807, 2.05) is 18.7 Å². The number of hydrogen-bond acceptors (Lipinski definition) is 3. The number of nitrogens with zero attached hydrogens (tertiary/aromatic N) is 1. The Bertz CT molecular complexity index is 229. The molecule has 0 aromatic rings. The molecule has 0 spiro atoms. The monoisotopic (exact) mass is 241 g/mol. The van der Waals surface area contributed by atoms with Gasteiger partial charge < -0.3 is 16.0 Å². The summed E-state index contributed by atoms with van der Waals surface area (Å²) in [6.07, 6.45) is 4.32. The van der Waals surface area contributed by atoms with E-state index < -0.39 is 0 Å². The number of hydrogen-bond donors (Lipinski definition) is 2. The quantitative estimate of drug-likeness (QED) is 0.698. The van der Waals surface area contributed by atoms with Crippen molar-refractivity contribution in [1.29, 1.82) is 0 Å². The van der Waals surface area contributed by atoms with Crippen LogP contribution in [0.25, 0.3) is 0 Å². The maximum Gasteiger partial charge on any atom is 0.223 e. The zero-order valence-electron chi connectivity index (χ0n) is 11.2. The van der Waals surface area contributed by atoms with Gasteiger partial charge in [-0.15, -0.1) is 0 Å². The molecule has 3 N–H and O–H groups in total. The predicted molar refractivity (Wildman–Crippen MR) is 70.7 cm³/mol. The molecule has 4 nitrogen and oxygen atoms in total. The van der Waals surface area contributed by atoms with Gasteiger partial charge in [0.25, 0.3) is 0 Å². The molecule has 4 heteroatoms. The minimum Gasteiger partial charge on any atom is -0.343 e. The van der Waals surface area contributed by atoms with Gasteiger partial charge in [-0.05, 0) is 39.2 Å². The first-order valence-electron chi connectivity index (χ1n) is 6.94. The van der Waals surface area contributed by atoms with E-state index in [2.05, 4.69) is 5.32 Å². The van der Waals surface area contributed by atoms with Gasteiger partial charge in [0, 0.05) is 32.1 Å². The summed E-state index contributed by atoms with van der Waals surface area (Å²) < 4.78 is 0. The standard InChI is InChI=1S/C13H27N3O/c1-3-16(4-2)13(17)8-9-15-12-7-5-6-11(12)10-14/h11-12,15H,3-10,14H2,1-2H3. The summed E-state index contributed by atoms with van der Waals surface area (Å²) in [5.41, 5.74) is 5.73. The van der Waals surface area contributed by atoms with Gasteiger partial charge in [-0.1, -0.05) is 6.42 Å². The van der Waals surface area contributed by atoms with Crippen molar-refractivity contribution in [3.05, 3.63) is 0 Å². The Morgan fingerprint density at radius 3 is 2.65 bits per heavy atom. The fraction of sp³-hybridized carbons (Fsp3) is 0.923. The van der Waals surface area contributed by atoms with Gasteiger partial charge in [-0.3, -0.25) is 4.79 Å². The molecule has 1 rings (SSSR count). The fourth-order valence-electron chi connectivity index (χ4n) is 2.69. The Balaban J connectivity index is 2.20. The third-order valence-electron chi connectivity index (χ3n) is 3.82. The van der Waals surface area contributed by atoms with Crippen molar-refractivity contribution in [2.75, 3.05) is 26.2 Å². The molecule has 1 saturated carbocycles. The van der Waals surface area contributed by atoms with Gasteiger partial charge in [-0.2, -0.15) is 0 Å². The van der Waals surface area contributed by atoms with Crippen LogP contribution in [-0.4, -0.2) is 43.0 Å². The van der Waals surface area contributed by atoms with E-state index in [1.54, 1.807) is 0 Å². The molecule has 0 aromatic carbocycles. The summed E-state index contributed by atoms with van der Waals surface area (Å²) in [4.78, 5) is 13.7. The first-order valence-corrected chi connectivity index (χ1v) is 6.94. The lowest BCUT2D eigenvalue weighted by atomic mass is 10.0. The zero-order chi connectivity index (χ0) is 12.7. The molecule has 0 bridgehead atoms. The highest BCUT2D eigenvalue weighted by atomic mass is 16.2. The van der Waals surface area contributed by atoms with Crippen LogP contribution < -0.4 is 11.1 Å². The molecule has 2 unspecified atom stereocenters. The minimum atomic E-state index is 0.254. The van der Waals surface area contributed by atoms with Gasteiger partial charge in [-0.25, -0.2) is 0 Å². The molecule has 1 aliphatic rings. The molecule has 0 aliphatic heterocycles. The Hall–Kier alpha value is -0.610. The second-order valence-electron chi connectivity index (χ2n) is 4.80. The van der Waals surface area contributed by atoms with Crippen LogP contribution in [0.5, 0.6) is 0 Å². The number of nitrogens with two attached hydrogens (primary N) is 1. The van der Waals surface area contributed by atoms with Crippen LogP contribution >= 0.6 is 0 Å². The maximum atomic E-state index is 11.8. The first kappa shape index (κ1) is 14.5. The lowest BCUT2D eigenvalue weighted by molar-refractivity contribution is -0.130. The fourth-order valence-corrected chi connectivity index (χ4v) is 2.69. The molecule has 1 aliphatic carbocycles. The smallest absolute Gasteiger partial charge is 0.223 e. The predicted octanol–water partition coefficient (Wildman–Crippen LogP) is 0.962. The van der Waals surface area contributed by atoms with E-state index in [0.717, 1.165) is 26.2 Å². The average molecular weight is 241 g/mol. The van der Waals surface area contributed by atoms with Gasteiger partial charge in [0.15, 0.2) is 0 Å². The molecule has 100 valence electrons. The van der Waals surface area contributed by atoms with Gasteiger partial charge in [0.1, 0.15) is 0 Å². The Morgan fingerprint density at radius 1 is 1.35 bits per heavy atom. The second-order valence-corrected chi connectivity index (χ2v) is 4.80. The summed E-state index contributed by atoms with van der Waals surface area (Å²) in [6.45, 7) is 7.22. The van der Waals surface area contributed by atoms with E-state index in [9.17, 15) is 4.79 Å². The normalized spacial score (nSPS) is 23.9. The topological polar surface area (TPSA) is 58.4 Å². The summed E-state index contributed by atoms with van der Waals surface area (Å²) >= 11 is 0. The summed E-state index contributed by atoms with van der Waals surface area (Å²) in [6, 6.07) is 0.532. The van der Waals surface area contributed by atoms with Crippen molar-refractivity contribution in [2.24, 2.45) is 11.7 Å². The average Bonchev–Trinajstić information content (AvgIpc) is 2.78. The van der Waals surface area contributed by atoms with E-state index >= 15 is 0 Å². The van der Waals surface area contributed by atoms with Crippen LogP contribution in [-0.2, 0) is 4.79 Å². The number of nitrogens with one attached hydrogen (secondary N) is 1. The third-order valence-corrected chi connectivity index (χ3v) is 3.82. The Kier molecular flexibility index (Phi) is 6.52. The van der Waals surface area contributed by atoms with Crippen molar-refractivity contribution in [3.8, 4) is 0 Å². The molecule has 0 radical (unpaired) electrons. The molecular weight excluding hydrogens is 214 g/mol. The van der Waals surface area contributed by atoms with Gasteiger partial charge in [0.2, 0.25) is 5.91 Å². The van der Waals surface area contributed by atoms with Crippen molar-refractivity contribution >= 4 is 5.91 Å². The van der Waals surface area contributed by atoms with Crippen LogP contribution in [0, 0.1) is 5.92 Å². The Labute approximate surface area is 105 Å². The SMILES string of the molecule is CCN(CC)C(=O)CCNC1CCCC1CN. The highest BCUT2D eigenvalue weighted by molar-refractivity contribution is 5.76. The highest BCUT2D eigenvalue weighted by Gasteiger charge is 2.25. The summed E-state index contributed by atoms with van der Waals surface area (Å²) in [5, 5.41) is 3.49. The molecule has 0 saturated heterocycles. The first-order chi connectivity index (χ1) is 8.22. The number of amides is 1. The lowest BCUT2D eigenvalue weighted by Gasteiger charge is -2.21. The summed E-state index contributed by atoms with van der Waals surface area (Å²) in [7, 11) is 0. The van der Waals surface area contributed by atoms with Crippen molar-refractivity contribution in [1.82, 2.24) is 10.2 Å². The minimum absolute atomic E-state index is 0.254. The molecule has 17 heavy (non-hydrogen) atoms. The zero-order valence-corrected chi connectivity index (χ0v) is 11.2. The molecule has 2 atom stereocenters. The van der Waals surface area contributed by atoms with Gasteiger partial charge in [0.05, 0.1) is 0 Å². The van der Waals surface area contributed by atoms with Crippen LogP contribution in [0.15, 0.2) is 0 Å². The molecule has 0 aromatic heterocycles. The lowest BCUT2D eigenvalue weighted by Crippen LogP contribution is -2.39. The van der Waals surface area contributed by atoms with Crippen molar-refractivity contribution in [2.45, 2.75) is 45.6 Å². The maximum absolute atomic E-state index is 11.8. The van der Waals surface area contributed by atoms with Gasteiger partial charge >= 0.3 is 0 Å². The number of rotatable bonds is 7. The van der Waals surface area contributed by atoms with E-state index in [0.29, 0.717) is 18.4 Å². The van der Waals surface area contributed by atoms with Crippen LogP contribution in [0.4, 0.5) is 0 Å². The largest absolute Gasteiger partial charge is 0.343 e. The number of carbonyl (C=O) groups is 1. The second kappa shape index (κ2) is 7.67. The summed E-state index contributed by atoms with van der Waals surface area (Å²) in [5.74, 6) is 0.864. The molecule has 1 fully saturated rings. The molecule has 1 amide bonds. The van der Waals surface area contributed by atoms with Crippen molar-refractivity contribution in [3.63, 3.8) is 0 Å². The highest BCUT2D eigenvalue weighted by Crippen LogP contribution is 2.24.